The molecule has 132 valence electrons. The van der Waals surface area contributed by atoms with Crippen LogP contribution in [0.4, 0.5) is 4.39 Å². The number of hydrogen-bond donors (Lipinski definition) is 2. The van der Waals surface area contributed by atoms with Gasteiger partial charge in [-0.2, -0.15) is 0 Å². The van der Waals surface area contributed by atoms with Crippen molar-refractivity contribution in [3.8, 4) is 0 Å². The average Bonchev–Trinajstić information content (AvgIpc) is 2.94. The minimum absolute atomic E-state index is 0.0454. The molecule has 0 saturated heterocycles. The molecule has 0 bridgehead atoms. The van der Waals surface area contributed by atoms with Crippen molar-refractivity contribution in [1.29, 1.82) is 0 Å². The standard InChI is InChI=1S/C19H21FN2O3/c1-25-19(24)16(22-18(23)17-13-3-2-4-14(13)17)7-10-9-21-15-8-11(20)5-6-12(10)15/h5-6,8-9,13-14,16-17,21H,2-4,7H2,1H3,(H,22,23)/t13-,14+,16-,17?/m0/s1. The number of aromatic nitrogens is 1. The number of esters is 1. The number of ether oxygens (including phenoxy) is 1. The van der Waals surface area contributed by atoms with Crippen molar-refractivity contribution in [3.63, 3.8) is 0 Å². The zero-order valence-electron chi connectivity index (χ0n) is 14.0. The van der Waals surface area contributed by atoms with Gasteiger partial charge in [0.1, 0.15) is 11.9 Å². The van der Waals surface area contributed by atoms with Gasteiger partial charge >= 0.3 is 5.97 Å². The van der Waals surface area contributed by atoms with Crippen LogP contribution in [0.3, 0.4) is 0 Å². The van der Waals surface area contributed by atoms with Gasteiger partial charge in [-0.3, -0.25) is 4.79 Å². The summed E-state index contributed by atoms with van der Waals surface area (Å²) in [5.41, 5.74) is 1.52. The second-order valence-electron chi connectivity index (χ2n) is 7.08. The maximum absolute atomic E-state index is 13.3. The predicted molar refractivity (Wildman–Crippen MR) is 90.2 cm³/mol. The summed E-state index contributed by atoms with van der Waals surface area (Å²) in [5.74, 6) is 0.215. The average molecular weight is 344 g/mol. The molecule has 2 aliphatic carbocycles. The maximum atomic E-state index is 13.3. The highest BCUT2D eigenvalue weighted by Gasteiger charge is 2.56. The number of H-pyrrole nitrogens is 1. The Bertz CT molecular complexity index is 821. The molecule has 2 fully saturated rings. The Morgan fingerprint density at radius 1 is 1.36 bits per heavy atom. The molecule has 2 aromatic rings. The Balaban J connectivity index is 1.50. The summed E-state index contributed by atoms with van der Waals surface area (Å²) in [5, 5.41) is 3.71. The second kappa shape index (κ2) is 6.17. The number of amides is 1. The van der Waals surface area contributed by atoms with Crippen LogP contribution in [0.25, 0.3) is 10.9 Å². The molecule has 1 amide bonds. The number of nitrogens with one attached hydrogen (secondary N) is 2. The fraction of sp³-hybridized carbons (Fsp3) is 0.474. The summed E-state index contributed by atoms with van der Waals surface area (Å²) in [7, 11) is 1.32. The first kappa shape index (κ1) is 16.1. The first-order chi connectivity index (χ1) is 12.1. The molecule has 1 aromatic carbocycles. The summed E-state index contributed by atoms with van der Waals surface area (Å²) >= 11 is 0. The van der Waals surface area contributed by atoms with Gasteiger partial charge in [0.25, 0.3) is 0 Å². The molecule has 0 radical (unpaired) electrons. The number of halogens is 1. The van der Waals surface area contributed by atoms with Crippen molar-refractivity contribution in [2.45, 2.75) is 31.7 Å². The van der Waals surface area contributed by atoms with Crippen molar-refractivity contribution >= 4 is 22.8 Å². The normalized spacial score (nSPS) is 25.4. The molecule has 6 heteroatoms. The zero-order valence-corrected chi connectivity index (χ0v) is 14.0. The minimum Gasteiger partial charge on any atom is -0.467 e. The van der Waals surface area contributed by atoms with E-state index in [4.69, 9.17) is 4.74 Å². The largest absolute Gasteiger partial charge is 0.467 e. The Kier molecular flexibility index (Phi) is 3.98. The lowest BCUT2D eigenvalue weighted by Gasteiger charge is -2.17. The number of rotatable bonds is 5. The Morgan fingerprint density at radius 2 is 2.12 bits per heavy atom. The number of benzene rings is 1. The van der Waals surface area contributed by atoms with Crippen molar-refractivity contribution in [3.05, 3.63) is 35.8 Å². The SMILES string of the molecule is COC(=O)[C@H](Cc1c[nH]c2cc(F)ccc12)NC(=O)C1[C@H]2CCC[C@@H]12. The molecule has 0 aliphatic heterocycles. The van der Waals surface area contributed by atoms with Crippen molar-refractivity contribution < 1.29 is 18.7 Å². The molecule has 2 saturated carbocycles. The summed E-state index contributed by atoms with van der Waals surface area (Å²) in [4.78, 5) is 27.7. The number of fused-ring (bicyclic) bond motifs is 2. The predicted octanol–water partition coefficient (Wildman–Crippen LogP) is 2.55. The van der Waals surface area contributed by atoms with E-state index in [0.717, 1.165) is 23.8 Å². The molecule has 25 heavy (non-hydrogen) atoms. The van der Waals surface area contributed by atoms with Crippen molar-refractivity contribution in [1.82, 2.24) is 10.3 Å². The lowest BCUT2D eigenvalue weighted by Crippen LogP contribution is -2.44. The highest BCUT2D eigenvalue weighted by Crippen LogP contribution is 2.57. The van der Waals surface area contributed by atoms with E-state index >= 15 is 0 Å². The Hall–Kier alpha value is -2.37. The molecule has 4 atom stereocenters. The van der Waals surface area contributed by atoms with E-state index < -0.39 is 12.0 Å². The molecule has 1 aromatic heterocycles. The van der Waals surface area contributed by atoms with Crippen LogP contribution in [0.5, 0.6) is 0 Å². The number of carbonyl (C=O) groups is 2. The quantitative estimate of drug-likeness (QED) is 0.819. The third kappa shape index (κ3) is 2.90. The van der Waals surface area contributed by atoms with Gasteiger partial charge < -0.3 is 15.0 Å². The smallest absolute Gasteiger partial charge is 0.328 e. The zero-order chi connectivity index (χ0) is 17.6. The lowest BCUT2D eigenvalue weighted by atomic mass is 10.0. The molecule has 4 rings (SSSR count). The van der Waals surface area contributed by atoms with Crippen LogP contribution < -0.4 is 5.32 Å². The van der Waals surface area contributed by atoms with Crippen LogP contribution >= 0.6 is 0 Å². The highest BCUT2D eigenvalue weighted by molar-refractivity contribution is 5.89. The van der Waals surface area contributed by atoms with Crippen LogP contribution in [0.1, 0.15) is 24.8 Å². The van der Waals surface area contributed by atoms with E-state index in [-0.39, 0.29) is 17.6 Å². The molecule has 1 unspecified atom stereocenters. The highest BCUT2D eigenvalue weighted by atomic mass is 19.1. The molecular formula is C19H21FN2O3. The number of methoxy groups -OCH3 is 1. The minimum atomic E-state index is -0.733. The van der Waals surface area contributed by atoms with Gasteiger partial charge in [0.15, 0.2) is 0 Å². The van der Waals surface area contributed by atoms with Crippen LogP contribution in [0.15, 0.2) is 24.4 Å². The first-order valence-corrected chi connectivity index (χ1v) is 8.72. The fourth-order valence-corrected chi connectivity index (χ4v) is 4.36. The lowest BCUT2D eigenvalue weighted by molar-refractivity contribution is -0.145. The van der Waals surface area contributed by atoms with E-state index in [1.54, 1.807) is 12.3 Å². The Morgan fingerprint density at radius 3 is 2.84 bits per heavy atom. The van der Waals surface area contributed by atoms with Gasteiger partial charge in [-0.25, -0.2) is 9.18 Å². The topological polar surface area (TPSA) is 71.2 Å². The van der Waals surface area contributed by atoms with E-state index in [2.05, 4.69) is 10.3 Å². The van der Waals surface area contributed by atoms with Gasteiger partial charge in [0, 0.05) is 29.4 Å². The van der Waals surface area contributed by atoms with Gasteiger partial charge in [0.2, 0.25) is 5.91 Å². The third-order valence-corrected chi connectivity index (χ3v) is 5.66. The molecule has 5 nitrogen and oxygen atoms in total. The Labute approximate surface area is 144 Å². The van der Waals surface area contributed by atoms with Crippen LogP contribution in [-0.4, -0.2) is 30.0 Å². The van der Waals surface area contributed by atoms with Crippen molar-refractivity contribution in [2.75, 3.05) is 7.11 Å². The summed E-state index contributed by atoms with van der Waals surface area (Å²) < 4.78 is 18.2. The number of hydrogen-bond acceptors (Lipinski definition) is 3. The summed E-state index contributed by atoms with van der Waals surface area (Å²) in [6, 6.07) is 3.74. The van der Waals surface area contributed by atoms with Gasteiger partial charge in [0.05, 0.1) is 7.11 Å². The number of aromatic amines is 1. The van der Waals surface area contributed by atoms with E-state index in [1.807, 2.05) is 0 Å². The first-order valence-electron chi connectivity index (χ1n) is 8.72. The second-order valence-corrected chi connectivity index (χ2v) is 7.08. The molecule has 2 N–H and O–H groups in total. The summed E-state index contributed by atoms with van der Waals surface area (Å²) in [6.07, 6.45) is 5.48. The van der Waals surface area contributed by atoms with Gasteiger partial charge in [-0.1, -0.05) is 6.42 Å². The van der Waals surface area contributed by atoms with Gasteiger partial charge in [-0.15, -0.1) is 0 Å². The maximum Gasteiger partial charge on any atom is 0.328 e. The monoisotopic (exact) mass is 344 g/mol. The molecular weight excluding hydrogens is 323 g/mol. The van der Waals surface area contributed by atoms with E-state index in [0.29, 0.717) is 23.8 Å². The fourth-order valence-electron chi connectivity index (χ4n) is 4.36. The van der Waals surface area contributed by atoms with E-state index in [1.165, 1.54) is 25.7 Å². The molecule has 0 spiro atoms. The van der Waals surface area contributed by atoms with Crippen molar-refractivity contribution in [2.24, 2.45) is 17.8 Å². The molecule has 2 aliphatic rings. The molecule has 1 heterocycles. The number of carbonyl (C=O) groups excluding carboxylic acids is 2. The van der Waals surface area contributed by atoms with Crippen LogP contribution in [0.2, 0.25) is 0 Å². The summed E-state index contributed by atoms with van der Waals surface area (Å²) in [6.45, 7) is 0. The van der Waals surface area contributed by atoms with Crippen LogP contribution in [-0.2, 0) is 20.7 Å². The third-order valence-electron chi connectivity index (χ3n) is 5.66. The van der Waals surface area contributed by atoms with E-state index in [9.17, 15) is 14.0 Å². The van der Waals surface area contributed by atoms with Crippen LogP contribution in [0, 0.1) is 23.6 Å². The van der Waals surface area contributed by atoms with Gasteiger partial charge in [-0.05, 0) is 48.4 Å².